The van der Waals surface area contributed by atoms with E-state index in [-0.39, 0.29) is 16.1 Å². The van der Waals surface area contributed by atoms with Crippen molar-refractivity contribution in [3.8, 4) is 0 Å². The number of hydrogen-bond donors (Lipinski definition) is 2. The Labute approximate surface area is 114 Å². The van der Waals surface area contributed by atoms with Gasteiger partial charge in [-0.3, -0.25) is 0 Å². The van der Waals surface area contributed by atoms with Crippen molar-refractivity contribution in [2.75, 3.05) is 23.3 Å². The predicted molar refractivity (Wildman–Crippen MR) is 74.4 cm³/mol. The van der Waals surface area contributed by atoms with Crippen LogP contribution in [0.1, 0.15) is 25.3 Å². The zero-order valence-electron chi connectivity index (χ0n) is 10.7. The Kier molecular flexibility index (Phi) is 3.90. The summed E-state index contributed by atoms with van der Waals surface area (Å²) in [6.45, 7) is 2.62. The average Bonchev–Trinajstić information content (AvgIpc) is 2.74. The van der Waals surface area contributed by atoms with Crippen LogP contribution in [0.15, 0.2) is 18.2 Å². The quantitative estimate of drug-likeness (QED) is 0.827. The van der Waals surface area contributed by atoms with Crippen molar-refractivity contribution in [1.82, 2.24) is 0 Å². The minimum atomic E-state index is -4.39. The summed E-state index contributed by atoms with van der Waals surface area (Å²) in [5, 5.41) is 2.93. The molecular weight excluding hydrogens is 273 g/mol. The van der Waals surface area contributed by atoms with E-state index in [1.54, 1.807) is 0 Å². The normalized spacial score (nSPS) is 23.6. The number of nitrogens with two attached hydrogens (primary N) is 1. The number of rotatable bonds is 3. The fourth-order valence-electron chi connectivity index (χ4n) is 2.21. The second-order valence-electron chi connectivity index (χ2n) is 5.06. The molecule has 1 aliphatic rings. The molecule has 1 aromatic carbocycles. The smallest absolute Gasteiger partial charge is 0.399 e. The van der Waals surface area contributed by atoms with Gasteiger partial charge in [0.25, 0.3) is 0 Å². The van der Waals surface area contributed by atoms with Crippen LogP contribution in [0.2, 0.25) is 0 Å². The van der Waals surface area contributed by atoms with Crippen LogP contribution >= 0.6 is 11.8 Å². The Bertz CT molecular complexity index is 454. The molecule has 0 bridgehead atoms. The molecule has 2 rings (SSSR count). The molecule has 2 nitrogen and oxygen atoms in total. The van der Waals surface area contributed by atoms with Gasteiger partial charge in [-0.1, -0.05) is 0 Å². The lowest BCUT2D eigenvalue weighted by Crippen LogP contribution is -2.28. The van der Waals surface area contributed by atoms with Gasteiger partial charge in [-0.15, -0.1) is 0 Å². The van der Waals surface area contributed by atoms with Crippen molar-refractivity contribution in [2.45, 2.75) is 30.7 Å². The van der Waals surface area contributed by atoms with Crippen LogP contribution in [0.5, 0.6) is 0 Å². The van der Waals surface area contributed by atoms with Crippen LogP contribution in [0.4, 0.5) is 24.5 Å². The Morgan fingerprint density at radius 3 is 2.74 bits per heavy atom. The van der Waals surface area contributed by atoms with Gasteiger partial charge in [0.2, 0.25) is 0 Å². The molecule has 0 radical (unpaired) electrons. The number of anilines is 2. The number of alkyl halides is 3. The second-order valence-corrected chi connectivity index (χ2v) is 6.74. The fourth-order valence-corrected chi connectivity index (χ4v) is 3.45. The highest BCUT2D eigenvalue weighted by molar-refractivity contribution is 8.00. The summed E-state index contributed by atoms with van der Waals surface area (Å²) in [6, 6.07) is 3.87. The Balaban J connectivity index is 2.16. The minimum Gasteiger partial charge on any atom is -0.399 e. The summed E-state index contributed by atoms with van der Waals surface area (Å²) >= 11 is 1.81. The molecular formula is C13H17F3N2S. The Morgan fingerprint density at radius 2 is 2.16 bits per heavy atom. The molecule has 1 heterocycles. The van der Waals surface area contributed by atoms with Gasteiger partial charge in [0.05, 0.1) is 5.56 Å². The van der Waals surface area contributed by atoms with E-state index in [2.05, 4.69) is 12.2 Å². The highest BCUT2D eigenvalue weighted by Gasteiger charge is 2.35. The van der Waals surface area contributed by atoms with E-state index in [1.165, 1.54) is 12.1 Å². The number of nitrogens with one attached hydrogen (secondary N) is 1. The standard InChI is InChI=1S/C13H17F3N2S/c1-12(5-2-6-19-12)8-18-11-4-3-9(17)7-10(11)13(14,15)16/h3-4,7,18H,2,5-6,8,17H2,1H3. The van der Waals surface area contributed by atoms with E-state index < -0.39 is 11.7 Å². The van der Waals surface area contributed by atoms with Gasteiger partial charge in [-0.05, 0) is 43.7 Å². The zero-order valence-corrected chi connectivity index (χ0v) is 11.5. The number of thioether (sulfide) groups is 1. The highest BCUT2D eigenvalue weighted by Crippen LogP contribution is 2.40. The van der Waals surface area contributed by atoms with Gasteiger partial charge in [0, 0.05) is 22.7 Å². The molecule has 0 spiro atoms. The summed E-state index contributed by atoms with van der Waals surface area (Å²) < 4.78 is 38.8. The molecule has 1 unspecified atom stereocenters. The summed E-state index contributed by atoms with van der Waals surface area (Å²) in [5.74, 6) is 1.08. The van der Waals surface area contributed by atoms with Crippen LogP contribution < -0.4 is 11.1 Å². The largest absolute Gasteiger partial charge is 0.418 e. The SMILES string of the molecule is CC1(CNc2ccc(N)cc2C(F)(F)F)CCCS1. The first-order valence-corrected chi connectivity index (χ1v) is 7.13. The Morgan fingerprint density at radius 1 is 1.42 bits per heavy atom. The average molecular weight is 290 g/mol. The van der Waals surface area contributed by atoms with Crippen molar-refractivity contribution in [2.24, 2.45) is 0 Å². The monoisotopic (exact) mass is 290 g/mol. The molecule has 0 aliphatic carbocycles. The summed E-state index contributed by atoms with van der Waals surface area (Å²) in [6.07, 6.45) is -2.24. The molecule has 1 saturated heterocycles. The number of nitrogen functional groups attached to an aromatic ring is 1. The molecule has 106 valence electrons. The molecule has 1 aromatic rings. The fraction of sp³-hybridized carbons (Fsp3) is 0.538. The maximum atomic E-state index is 12.9. The molecule has 1 aliphatic heterocycles. The molecule has 0 aromatic heterocycles. The van der Waals surface area contributed by atoms with Crippen LogP contribution in [0, 0.1) is 0 Å². The van der Waals surface area contributed by atoms with E-state index in [4.69, 9.17) is 5.73 Å². The number of halogens is 3. The maximum absolute atomic E-state index is 12.9. The van der Waals surface area contributed by atoms with Gasteiger partial charge in [0.1, 0.15) is 0 Å². The number of benzene rings is 1. The van der Waals surface area contributed by atoms with Crippen molar-refractivity contribution in [1.29, 1.82) is 0 Å². The third-order valence-electron chi connectivity index (χ3n) is 3.30. The first-order valence-electron chi connectivity index (χ1n) is 6.15. The van der Waals surface area contributed by atoms with E-state index in [0.717, 1.165) is 24.7 Å². The molecule has 0 saturated carbocycles. The van der Waals surface area contributed by atoms with Crippen LogP contribution in [-0.2, 0) is 6.18 Å². The van der Waals surface area contributed by atoms with Crippen LogP contribution in [-0.4, -0.2) is 17.0 Å². The van der Waals surface area contributed by atoms with Gasteiger partial charge in [-0.2, -0.15) is 24.9 Å². The highest BCUT2D eigenvalue weighted by atomic mass is 32.2. The van der Waals surface area contributed by atoms with E-state index in [9.17, 15) is 13.2 Å². The summed E-state index contributed by atoms with van der Waals surface area (Å²) in [7, 11) is 0. The third-order valence-corrected chi connectivity index (χ3v) is 4.84. The lowest BCUT2D eigenvalue weighted by Gasteiger charge is -2.25. The van der Waals surface area contributed by atoms with Crippen molar-refractivity contribution in [3.05, 3.63) is 23.8 Å². The Hall–Kier alpha value is -1.04. The topological polar surface area (TPSA) is 38.0 Å². The van der Waals surface area contributed by atoms with Crippen molar-refractivity contribution >= 4 is 23.1 Å². The minimum absolute atomic E-state index is 0.0181. The summed E-state index contributed by atoms with van der Waals surface area (Å²) in [4.78, 5) is 0. The van der Waals surface area contributed by atoms with E-state index in [0.29, 0.717) is 6.54 Å². The van der Waals surface area contributed by atoms with Gasteiger partial charge in [0.15, 0.2) is 0 Å². The lowest BCUT2D eigenvalue weighted by atomic mass is 10.0. The van der Waals surface area contributed by atoms with Gasteiger partial charge >= 0.3 is 6.18 Å². The zero-order chi connectivity index (χ0) is 14.1. The lowest BCUT2D eigenvalue weighted by molar-refractivity contribution is -0.136. The first-order chi connectivity index (χ1) is 8.80. The molecule has 1 fully saturated rings. The molecule has 1 atom stereocenters. The predicted octanol–water partition coefficient (Wildman–Crippen LogP) is 3.99. The van der Waals surface area contributed by atoms with Gasteiger partial charge in [-0.25, -0.2) is 0 Å². The molecule has 0 amide bonds. The van der Waals surface area contributed by atoms with E-state index >= 15 is 0 Å². The molecule has 3 N–H and O–H groups in total. The second kappa shape index (κ2) is 5.15. The summed E-state index contributed by atoms with van der Waals surface area (Å²) in [5.41, 5.74) is 4.97. The molecule has 6 heteroatoms. The van der Waals surface area contributed by atoms with Crippen LogP contribution in [0.3, 0.4) is 0 Å². The van der Waals surface area contributed by atoms with Crippen molar-refractivity contribution in [3.63, 3.8) is 0 Å². The van der Waals surface area contributed by atoms with Crippen molar-refractivity contribution < 1.29 is 13.2 Å². The number of hydrogen-bond acceptors (Lipinski definition) is 3. The van der Waals surface area contributed by atoms with E-state index in [1.807, 2.05) is 11.8 Å². The maximum Gasteiger partial charge on any atom is 0.418 e. The first kappa shape index (κ1) is 14.4. The molecule has 19 heavy (non-hydrogen) atoms. The third kappa shape index (κ3) is 3.49. The van der Waals surface area contributed by atoms with Gasteiger partial charge < -0.3 is 11.1 Å². The van der Waals surface area contributed by atoms with Crippen LogP contribution in [0.25, 0.3) is 0 Å².